The molecule has 1 unspecified atom stereocenters. The van der Waals surface area contributed by atoms with Gasteiger partial charge < -0.3 is 10.6 Å². The summed E-state index contributed by atoms with van der Waals surface area (Å²) >= 11 is 0. The summed E-state index contributed by atoms with van der Waals surface area (Å²) in [6.07, 6.45) is 2.69. The molecule has 5 heteroatoms. The lowest BCUT2D eigenvalue weighted by Crippen LogP contribution is -2.17. The predicted molar refractivity (Wildman–Crippen MR) is 62.0 cm³/mol. The van der Waals surface area contributed by atoms with Crippen molar-refractivity contribution < 1.29 is 0 Å². The maximum Gasteiger partial charge on any atom is 0.244 e. The minimum atomic E-state index is 0.311. The van der Waals surface area contributed by atoms with Crippen molar-refractivity contribution >= 4 is 11.8 Å². The standard InChI is InChI=1S/C10H19N5/c1-5-8(4)13-9-6-11-15-10(14-9)12-7(2)3/h6-8H,5H2,1-4H3,(H2,12,13,14,15). The molecule has 0 radical (unpaired) electrons. The van der Waals surface area contributed by atoms with E-state index < -0.39 is 0 Å². The van der Waals surface area contributed by atoms with Crippen molar-refractivity contribution in [3.8, 4) is 0 Å². The molecule has 15 heavy (non-hydrogen) atoms. The van der Waals surface area contributed by atoms with Crippen LogP contribution in [0.2, 0.25) is 0 Å². The molecule has 0 spiro atoms. The number of anilines is 2. The topological polar surface area (TPSA) is 62.7 Å². The minimum Gasteiger partial charge on any atom is -0.366 e. The molecule has 84 valence electrons. The fourth-order valence-corrected chi connectivity index (χ4v) is 1.05. The second kappa shape index (κ2) is 5.48. The second-order valence-corrected chi connectivity index (χ2v) is 3.92. The summed E-state index contributed by atoms with van der Waals surface area (Å²) in [4.78, 5) is 4.30. The molecular weight excluding hydrogens is 190 g/mol. The van der Waals surface area contributed by atoms with Crippen molar-refractivity contribution in [1.82, 2.24) is 15.2 Å². The molecule has 0 aliphatic carbocycles. The fourth-order valence-electron chi connectivity index (χ4n) is 1.05. The highest BCUT2D eigenvalue weighted by atomic mass is 15.3. The van der Waals surface area contributed by atoms with Crippen LogP contribution in [0, 0.1) is 0 Å². The van der Waals surface area contributed by atoms with Gasteiger partial charge in [-0.05, 0) is 27.2 Å². The van der Waals surface area contributed by atoms with Crippen molar-refractivity contribution in [2.75, 3.05) is 10.6 Å². The smallest absolute Gasteiger partial charge is 0.244 e. The molecule has 1 rings (SSSR count). The first-order chi connectivity index (χ1) is 7.11. The van der Waals surface area contributed by atoms with E-state index in [-0.39, 0.29) is 0 Å². The predicted octanol–water partition coefficient (Wildman–Crippen LogP) is 1.90. The molecule has 0 bridgehead atoms. The van der Waals surface area contributed by atoms with Crippen LogP contribution < -0.4 is 10.6 Å². The lowest BCUT2D eigenvalue weighted by molar-refractivity contribution is 0.754. The molecule has 0 aromatic carbocycles. The van der Waals surface area contributed by atoms with E-state index >= 15 is 0 Å². The largest absolute Gasteiger partial charge is 0.366 e. The normalized spacial score (nSPS) is 12.6. The second-order valence-electron chi connectivity index (χ2n) is 3.92. The van der Waals surface area contributed by atoms with Gasteiger partial charge in [0, 0.05) is 12.1 Å². The molecule has 0 aliphatic rings. The average molecular weight is 209 g/mol. The van der Waals surface area contributed by atoms with Crippen LogP contribution in [0.1, 0.15) is 34.1 Å². The van der Waals surface area contributed by atoms with Crippen LogP contribution in [0.25, 0.3) is 0 Å². The van der Waals surface area contributed by atoms with Gasteiger partial charge in [0.05, 0.1) is 6.20 Å². The van der Waals surface area contributed by atoms with Gasteiger partial charge in [-0.2, -0.15) is 10.1 Å². The quantitative estimate of drug-likeness (QED) is 0.775. The molecule has 5 nitrogen and oxygen atoms in total. The summed E-state index contributed by atoms with van der Waals surface area (Å²) < 4.78 is 0. The zero-order valence-electron chi connectivity index (χ0n) is 9.78. The van der Waals surface area contributed by atoms with Crippen molar-refractivity contribution in [3.05, 3.63) is 6.20 Å². The van der Waals surface area contributed by atoms with E-state index in [1.807, 2.05) is 13.8 Å². The summed E-state index contributed by atoms with van der Waals surface area (Å²) in [5.41, 5.74) is 0. The Kier molecular flexibility index (Phi) is 4.27. The summed E-state index contributed by atoms with van der Waals surface area (Å²) in [6, 6.07) is 0.708. The first-order valence-electron chi connectivity index (χ1n) is 5.34. The van der Waals surface area contributed by atoms with Crippen molar-refractivity contribution in [3.63, 3.8) is 0 Å². The zero-order chi connectivity index (χ0) is 11.3. The van der Waals surface area contributed by atoms with Gasteiger partial charge in [0.15, 0.2) is 5.82 Å². The Balaban J connectivity index is 2.65. The molecule has 1 aromatic heterocycles. The van der Waals surface area contributed by atoms with Gasteiger partial charge in [0.1, 0.15) is 0 Å². The third-order valence-electron chi connectivity index (χ3n) is 1.98. The highest BCUT2D eigenvalue weighted by Crippen LogP contribution is 2.07. The van der Waals surface area contributed by atoms with Crippen LogP contribution in [0.3, 0.4) is 0 Å². The van der Waals surface area contributed by atoms with E-state index in [9.17, 15) is 0 Å². The average Bonchev–Trinajstić information content (AvgIpc) is 2.17. The number of hydrogen-bond donors (Lipinski definition) is 2. The highest BCUT2D eigenvalue weighted by molar-refractivity contribution is 5.37. The maximum atomic E-state index is 4.30. The first kappa shape index (κ1) is 11.7. The van der Waals surface area contributed by atoms with Crippen molar-refractivity contribution in [2.24, 2.45) is 0 Å². The first-order valence-corrected chi connectivity index (χ1v) is 5.34. The number of rotatable bonds is 5. The Morgan fingerprint density at radius 2 is 2.00 bits per heavy atom. The van der Waals surface area contributed by atoms with Crippen LogP contribution in [-0.2, 0) is 0 Å². The molecule has 1 aromatic rings. The molecule has 0 saturated heterocycles. The summed E-state index contributed by atoms with van der Waals surface area (Å²) in [5.74, 6) is 1.33. The van der Waals surface area contributed by atoms with Crippen molar-refractivity contribution in [1.29, 1.82) is 0 Å². The molecule has 1 heterocycles. The lowest BCUT2D eigenvalue weighted by atomic mass is 10.3. The number of nitrogens with zero attached hydrogens (tertiary/aromatic N) is 3. The fraction of sp³-hybridized carbons (Fsp3) is 0.700. The van der Waals surface area contributed by atoms with E-state index in [0.717, 1.165) is 12.2 Å². The molecule has 1 atom stereocenters. The Bertz CT molecular complexity index is 300. The molecule has 0 aliphatic heterocycles. The third kappa shape index (κ3) is 4.10. The number of hydrogen-bond acceptors (Lipinski definition) is 5. The van der Waals surface area contributed by atoms with Gasteiger partial charge in [-0.1, -0.05) is 6.92 Å². The molecule has 0 saturated carbocycles. The van der Waals surface area contributed by atoms with E-state index in [2.05, 4.69) is 39.7 Å². The van der Waals surface area contributed by atoms with Gasteiger partial charge >= 0.3 is 0 Å². The van der Waals surface area contributed by atoms with Crippen LogP contribution in [0.5, 0.6) is 0 Å². The van der Waals surface area contributed by atoms with Gasteiger partial charge in [-0.25, -0.2) is 0 Å². The highest BCUT2D eigenvalue weighted by Gasteiger charge is 2.03. The zero-order valence-corrected chi connectivity index (χ0v) is 9.78. The van der Waals surface area contributed by atoms with E-state index in [1.165, 1.54) is 0 Å². The van der Waals surface area contributed by atoms with E-state index in [1.54, 1.807) is 6.20 Å². The SMILES string of the molecule is CCC(C)Nc1cnnc(NC(C)C)n1. The Labute approximate surface area is 90.7 Å². The van der Waals surface area contributed by atoms with E-state index in [4.69, 9.17) is 0 Å². The Morgan fingerprint density at radius 3 is 2.60 bits per heavy atom. The van der Waals surface area contributed by atoms with Crippen LogP contribution in [0.4, 0.5) is 11.8 Å². The maximum absolute atomic E-state index is 4.30. The van der Waals surface area contributed by atoms with Crippen LogP contribution in [0.15, 0.2) is 6.20 Å². The summed E-state index contributed by atoms with van der Waals surface area (Å²) in [5, 5.41) is 14.2. The lowest BCUT2D eigenvalue weighted by Gasteiger charge is -2.12. The monoisotopic (exact) mass is 209 g/mol. The molecule has 0 fully saturated rings. The summed E-state index contributed by atoms with van der Waals surface area (Å²) in [6.45, 7) is 8.31. The van der Waals surface area contributed by atoms with Gasteiger partial charge in [0.2, 0.25) is 5.95 Å². The molecule has 0 amide bonds. The van der Waals surface area contributed by atoms with Gasteiger partial charge in [-0.15, -0.1) is 5.10 Å². The molecular formula is C10H19N5. The summed E-state index contributed by atoms with van der Waals surface area (Å²) in [7, 11) is 0. The number of aromatic nitrogens is 3. The van der Waals surface area contributed by atoms with Crippen LogP contribution in [-0.4, -0.2) is 27.3 Å². The third-order valence-corrected chi connectivity index (χ3v) is 1.98. The van der Waals surface area contributed by atoms with Gasteiger partial charge in [0.25, 0.3) is 0 Å². The Hall–Kier alpha value is -1.39. The molecule has 2 N–H and O–H groups in total. The van der Waals surface area contributed by atoms with Gasteiger partial charge in [-0.3, -0.25) is 0 Å². The van der Waals surface area contributed by atoms with Crippen LogP contribution >= 0.6 is 0 Å². The Morgan fingerprint density at radius 1 is 1.27 bits per heavy atom. The van der Waals surface area contributed by atoms with E-state index in [0.29, 0.717) is 18.0 Å². The number of nitrogens with one attached hydrogen (secondary N) is 2. The minimum absolute atomic E-state index is 0.311. The van der Waals surface area contributed by atoms with Crippen molar-refractivity contribution in [2.45, 2.75) is 46.2 Å².